The molecule has 0 radical (unpaired) electrons. The van der Waals surface area contributed by atoms with Crippen LogP contribution in [-0.4, -0.2) is 34.8 Å². The largest absolute Gasteiger partial charge is 0.352 e. The average molecular weight is 404 g/mol. The lowest BCUT2D eigenvalue weighted by Gasteiger charge is -2.11. The highest BCUT2D eigenvalue weighted by atomic mass is 35.5. The number of aryl methyl sites for hydroxylation is 1. The van der Waals surface area contributed by atoms with Crippen molar-refractivity contribution in [1.82, 2.24) is 20.4 Å². The molecule has 0 aliphatic carbocycles. The number of rotatable bonds is 4. The van der Waals surface area contributed by atoms with E-state index >= 15 is 0 Å². The van der Waals surface area contributed by atoms with Gasteiger partial charge < -0.3 is 10.6 Å². The minimum Gasteiger partial charge on any atom is -0.352 e. The van der Waals surface area contributed by atoms with Crippen molar-refractivity contribution in [2.75, 3.05) is 13.1 Å². The third-order valence-electron chi connectivity index (χ3n) is 4.35. The van der Waals surface area contributed by atoms with Crippen molar-refractivity contribution in [3.05, 3.63) is 45.2 Å². The van der Waals surface area contributed by atoms with Gasteiger partial charge in [0.15, 0.2) is 0 Å². The Labute approximate surface area is 163 Å². The summed E-state index contributed by atoms with van der Waals surface area (Å²) in [6.45, 7) is 5.67. The van der Waals surface area contributed by atoms with Gasteiger partial charge in [-0.25, -0.2) is 4.68 Å². The minimum absolute atomic E-state index is 0. The van der Waals surface area contributed by atoms with Gasteiger partial charge in [-0.2, -0.15) is 5.10 Å². The second-order valence-electron chi connectivity index (χ2n) is 6.09. The quantitative estimate of drug-likeness (QED) is 0.824. The van der Waals surface area contributed by atoms with Crippen molar-refractivity contribution in [1.29, 1.82) is 0 Å². The lowest BCUT2D eigenvalue weighted by molar-refractivity contribution is -0.121. The first-order chi connectivity index (χ1) is 11.5. The number of amides is 1. The van der Waals surface area contributed by atoms with Crippen LogP contribution in [0.3, 0.4) is 0 Å². The van der Waals surface area contributed by atoms with Gasteiger partial charge in [0.1, 0.15) is 0 Å². The highest BCUT2D eigenvalue weighted by Gasteiger charge is 2.20. The molecule has 136 valence electrons. The fourth-order valence-corrected chi connectivity index (χ4v) is 3.31. The minimum atomic E-state index is 0. The van der Waals surface area contributed by atoms with Gasteiger partial charge in [-0.05, 0) is 45.0 Å². The molecule has 2 heterocycles. The molecule has 8 heteroatoms. The van der Waals surface area contributed by atoms with Crippen LogP contribution >= 0.6 is 35.6 Å². The zero-order chi connectivity index (χ0) is 17.3. The zero-order valence-corrected chi connectivity index (χ0v) is 16.4. The van der Waals surface area contributed by atoms with Crippen molar-refractivity contribution >= 4 is 41.5 Å². The SMILES string of the molecule is Cc1nn(-c2ccc(Cl)c(Cl)c2)c(C)c1CC(=O)NC1CCNC1.Cl. The second-order valence-corrected chi connectivity index (χ2v) is 6.91. The van der Waals surface area contributed by atoms with E-state index in [9.17, 15) is 4.79 Å². The molecule has 1 aromatic heterocycles. The topological polar surface area (TPSA) is 59.0 Å². The number of aromatic nitrogens is 2. The van der Waals surface area contributed by atoms with Gasteiger partial charge in [0.25, 0.3) is 0 Å². The maximum Gasteiger partial charge on any atom is 0.224 e. The van der Waals surface area contributed by atoms with Gasteiger partial charge in [-0.1, -0.05) is 23.2 Å². The average Bonchev–Trinajstić information content (AvgIpc) is 3.13. The van der Waals surface area contributed by atoms with Gasteiger partial charge in [-0.3, -0.25) is 4.79 Å². The van der Waals surface area contributed by atoms with Crippen LogP contribution in [-0.2, 0) is 11.2 Å². The first kappa shape index (κ1) is 20.0. The highest BCUT2D eigenvalue weighted by Crippen LogP contribution is 2.26. The molecule has 0 saturated carbocycles. The van der Waals surface area contributed by atoms with Crippen molar-refractivity contribution in [2.24, 2.45) is 0 Å². The molecule has 0 bridgehead atoms. The molecule has 0 spiro atoms. The van der Waals surface area contributed by atoms with Crippen LogP contribution in [0, 0.1) is 13.8 Å². The van der Waals surface area contributed by atoms with E-state index in [4.69, 9.17) is 23.2 Å². The maximum absolute atomic E-state index is 12.3. The predicted octanol–water partition coefficient (Wildman–Crippen LogP) is 3.24. The molecule has 5 nitrogen and oxygen atoms in total. The monoisotopic (exact) mass is 402 g/mol. The first-order valence-electron chi connectivity index (χ1n) is 7.96. The van der Waals surface area contributed by atoms with E-state index in [0.717, 1.165) is 42.1 Å². The van der Waals surface area contributed by atoms with Crippen LogP contribution in [0.25, 0.3) is 5.69 Å². The van der Waals surface area contributed by atoms with E-state index < -0.39 is 0 Å². The number of nitrogens with one attached hydrogen (secondary N) is 2. The summed E-state index contributed by atoms with van der Waals surface area (Å²) in [6.07, 6.45) is 1.31. The summed E-state index contributed by atoms with van der Waals surface area (Å²) < 4.78 is 1.80. The molecule has 1 aromatic carbocycles. The van der Waals surface area contributed by atoms with Gasteiger partial charge >= 0.3 is 0 Å². The van der Waals surface area contributed by atoms with E-state index in [1.807, 2.05) is 19.9 Å². The Kier molecular flexibility index (Phi) is 6.74. The molecule has 1 aliphatic rings. The molecule has 2 N–H and O–H groups in total. The molecule has 1 fully saturated rings. The van der Waals surface area contributed by atoms with Crippen LogP contribution in [0.15, 0.2) is 18.2 Å². The number of hydrogen-bond donors (Lipinski definition) is 2. The molecule has 3 rings (SSSR count). The fourth-order valence-electron chi connectivity index (χ4n) is 3.02. The van der Waals surface area contributed by atoms with Crippen LogP contribution in [0.4, 0.5) is 0 Å². The third kappa shape index (κ3) is 4.47. The van der Waals surface area contributed by atoms with Gasteiger partial charge in [0, 0.05) is 23.8 Å². The van der Waals surface area contributed by atoms with Crippen molar-refractivity contribution in [3.63, 3.8) is 0 Å². The summed E-state index contributed by atoms with van der Waals surface area (Å²) in [7, 11) is 0. The number of carbonyl (C=O) groups is 1. The fraction of sp³-hybridized carbons (Fsp3) is 0.412. The normalized spacial score (nSPS) is 16.6. The van der Waals surface area contributed by atoms with Crippen molar-refractivity contribution in [2.45, 2.75) is 32.7 Å². The van der Waals surface area contributed by atoms with E-state index in [1.165, 1.54) is 0 Å². The van der Waals surface area contributed by atoms with Crippen LogP contribution in [0.2, 0.25) is 10.0 Å². The van der Waals surface area contributed by atoms with Crippen LogP contribution < -0.4 is 10.6 Å². The molecule has 1 aliphatic heterocycles. The predicted molar refractivity (Wildman–Crippen MR) is 103 cm³/mol. The standard InChI is InChI=1S/C17H20Cl2N4O.ClH/c1-10-14(8-17(24)21-12-5-6-20-9-12)11(2)23(22-10)13-3-4-15(18)16(19)7-13;/h3-4,7,12,20H,5-6,8-9H2,1-2H3,(H,21,24);1H. The lowest BCUT2D eigenvalue weighted by Crippen LogP contribution is -2.37. The number of hydrogen-bond acceptors (Lipinski definition) is 3. The van der Waals surface area contributed by atoms with Gasteiger partial charge in [0.05, 0.1) is 27.8 Å². The van der Waals surface area contributed by atoms with E-state index in [2.05, 4.69) is 15.7 Å². The second kappa shape index (κ2) is 8.41. The molecule has 1 amide bonds. The number of benzene rings is 1. The number of halogens is 3. The van der Waals surface area contributed by atoms with E-state index in [1.54, 1.807) is 16.8 Å². The molecule has 1 atom stereocenters. The van der Waals surface area contributed by atoms with Crippen molar-refractivity contribution < 1.29 is 4.79 Å². The van der Waals surface area contributed by atoms with E-state index in [0.29, 0.717) is 16.5 Å². The van der Waals surface area contributed by atoms with Crippen LogP contribution in [0.5, 0.6) is 0 Å². The Bertz CT molecular complexity index is 769. The number of nitrogens with zero attached hydrogens (tertiary/aromatic N) is 2. The van der Waals surface area contributed by atoms with Gasteiger partial charge in [-0.15, -0.1) is 12.4 Å². The first-order valence-corrected chi connectivity index (χ1v) is 8.72. The van der Waals surface area contributed by atoms with Crippen molar-refractivity contribution in [3.8, 4) is 5.69 Å². The molecule has 25 heavy (non-hydrogen) atoms. The Hall–Kier alpha value is -1.27. The summed E-state index contributed by atoms with van der Waals surface area (Å²) in [5.41, 5.74) is 3.56. The van der Waals surface area contributed by atoms with Crippen LogP contribution in [0.1, 0.15) is 23.4 Å². The summed E-state index contributed by atoms with van der Waals surface area (Å²) in [5.74, 6) is 0.0311. The Morgan fingerprint density at radius 2 is 2.12 bits per heavy atom. The number of carbonyl (C=O) groups excluding carboxylic acids is 1. The summed E-state index contributed by atoms with van der Waals surface area (Å²) in [6, 6.07) is 5.61. The summed E-state index contributed by atoms with van der Waals surface area (Å²) >= 11 is 12.1. The molecular formula is C17H21Cl3N4O. The van der Waals surface area contributed by atoms with E-state index in [-0.39, 0.29) is 24.4 Å². The molecule has 2 aromatic rings. The third-order valence-corrected chi connectivity index (χ3v) is 5.09. The highest BCUT2D eigenvalue weighted by molar-refractivity contribution is 6.42. The lowest BCUT2D eigenvalue weighted by atomic mass is 10.1. The molecule has 1 unspecified atom stereocenters. The maximum atomic E-state index is 12.3. The Balaban J connectivity index is 0.00000225. The van der Waals surface area contributed by atoms with Gasteiger partial charge in [0.2, 0.25) is 5.91 Å². The smallest absolute Gasteiger partial charge is 0.224 e. The molecule has 1 saturated heterocycles. The summed E-state index contributed by atoms with van der Waals surface area (Å²) in [4.78, 5) is 12.3. The zero-order valence-electron chi connectivity index (χ0n) is 14.1. The summed E-state index contributed by atoms with van der Waals surface area (Å²) in [5, 5.41) is 11.9. The Morgan fingerprint density at radius 3 is 2.76 bits per heavy atom. The Morgan fingerprint density at radius 1 is 1.36 bits per heavy atom. The molecular weight excluding hydrogens is 383 g/mol.